The molecule has 152 valence electrons. The van der Waals surface area contributed by atoms with Gasteiger partial charge in [-0.2, -0.15) is 0 Å². The Hall–Kier alpha value is -1.57. The molecule has 0 N–H and O–H groups in total. The molecule has 0 nitrogen and oxygen atoms in total. The maximum Gasteiger partial charge on any atom is 0.0406 e. The van der Waals surface area contributed by atoms with Gasteiger partial charge in [0.15, 0.2) is 0 Å². The first-order valence-corrected chi connectivity index (χ1v) is 12.5. The molecule has 0 heterocycles. The van der Waals surface area contributed by atoms with Crippen molar-refractivity contribution in [3.63, 3.8) is 0 Å². The lowest BCUT2D eigenvalue weighted by molar-refractivity contribution is -0.00277. The van der Waals surface area contributed by atoms with E-state index in [0.717, 1.165) is 39.1 Å². The Kier molecular flexibility index (Phi) is 4.81. The maximum atomic E-state index is 6.07. The molecule has 0 unspecified atom stereocenters. The van der Waals surface area contributed by atoms with Crippen molar-refractivity contribution >= 4 is 27.5 Å². The molecule has 0 atom stereocenters. The third-order valence-electron chi connectivity index (χ3n) is 7.93. The minimum atomic E-state index is 0.773. The van der Waals surface area contributed by atoms with Gasteiger partial charge >= 0.3 is 0 Å². The Balaban J connectivity index is 1.30. The van der Waals surface area contributed by atoms with Crippen molar-refractivity contribution in [2.45, 2.75) is 38.0 Å². The number of hydrogen-bond acceptors (Lipinski definition) is 0. The van der Waals surface area contributed by atoms with E-state index >= 15 is 0 Å². The highest BCUT2D eigenvalue weighted by atomic mass is 79.9. The van der Waals surface area contributed by atoms with Crippen LogP contribution >= 0.6 is 27.5 Å². The average Bonchev–Trinajstić information content (AvgIpc) is 2.73. The van der Waals surface area contributed by atoms with E-state index in [0.29, 0.717) is 0 Å². The zero-order chi connectivity index (χ0) is 20.2. The molecule has 4 fully saturated rings. The van der Waals surface area contributed by atoms with E-state index in [2.05, 4.69) is 70.5 Å². The van der Waals surface area contributed by atoms with Crippen LogP contribution in [0.5, 0.6) is 0 Å². The molecular weight excluding hydrogens is 452 g/mol. The molecular formula is C28H26BrCl. The van der Waals surface area contributed by atoms with Crippen LogP contribution in [0.15, 0.2) is 71.2 Å². The van der Waals surface area contributed by atoms with Crippen LogP contribution in [0.1, 0.15) is 43.6 Å². The van der Waals surface area contributed by atoms with Crippen molar-refractivity contribution < 1.29 is 0 Å². The fraction of sp³-hybridized carbons (Fsp3) is 0.357. The molecule has 7 rings (SSSR count). The molecule has 4 saturated carbocycles. The standard InChI is InChI=1S/C28H26BrCl/c29-26-15-22(14-23(16-26)20-5-7-27(30)8-6-20)19-1-3-21(4-2-19)28-24-10-17-9-18(12-24)13-25(28)11-17/h1-8,14-18,24-25,28H,9-13H2. The molecule has 0 saturated heterocycles. The first-order valence-electron chi connectivity index (χ1n) is 11.3. The molecule has 0 spiro atoms. The van der Waals surface area contributed by atoms with Gasteiger partial charge in [-0.1, -0.05) is 63.9 Å². The topological polar surface area (TPSA) is 0 Å². The number of halogens is 2. The minimum absolute atomic E-state index is 0.773. The predicted octanol–water partition coefficient (Wildman–Crippen LogP) is 8.98. The molecule has 4 aliphatic carbocycles. The average molecular weight is 478 g/mol. The molecule has 4 bridgehead atoms. The minimum Gasteiger partial charge on any atom is -0.0843 e. The van der Waals surface area contributed by atoms with Gasteiger partial charge in [0.2, 0.25) is 0 Å². The Bertz CT molecular complexity index is 1040. The second-order valence-electron chi connectivity index (χ2n) is 9.81. The highest BCUT2D eigenvalue weighted by Gasteiger charge is 2.48. The van der Waals surface area contributed by atoms with Gasteiger partial charge in [-0.25, -0.2) is 0 Å². The third-order valence-corrected chi connectivity index (χ3v) is 8.64. The van der Waals surface area contributed by atoms with Crippen LogP contribution in [0.3, 0.4) is 0 Å². The van der Waals surface area contributed by atoms with Crippen molar-refractivity contribution in [1.29, 1.82) is 0 Å². The number of hydrogen-bond donors (Lipinski definition) is 0. The van der Waals surface area contributed by atoms with Gasteiger partial charge < -0.3 is 0 Å². The summed E-state index contributed by atoms with van der Waals surface area (Å²) in [5.41, 5.74) is 6.53. The van der Waals surface area contributed by atoms with E-state index in [1.165, 1.54) is 54.4 Å². The summed E-state index contributed by atoms with van der Waals surface area (Å²) in [5.74, 6) is 4.76. The lowest BCUT2D eigenvalue weighted by atomic mass is 9.51. The van der Waals surface area contributed by atoms with E-state index < -0.39 is 0 Å². The summed E-state index contributed by atoms with van der Waals surface area (Å²) in [5, 5.41) is 0.773. The van der Waals surface area contributed by atoms with Crippen LogP contribution in [0.4, 0.5) is 0 Å². The van der Waals surface area contributed by atoms with Gasteiger partial charge in [0, 0.05) is 9.50 Å². The summed E-state index contributed by atoms with van der Waals surface area (Å²) in [6.45, 7) is 0. The van der Waals surface area contributed by atoms with E-state index in [1.807, 2.05) is 12.1 Å². The highest BCUT2D eigenvalue weighted by molar-refractivity contribution is 9.10. The molecule has 0 radical (unpaired) electrons. The van der Waals surface area contributed by atoms with Crippen LogP contribution in [0.2, 0.25) is 5.02 Å². The summed E-state index contributed by atoms with van der Waals surface area (Å²) < 4.78 is 1.11. The quantitative estimate of drug-likeness (QED) is 0.353. The Morgan fingerprint density at radius 1 is 0.600 bits per heavy atom. The van der Waals surface area contributed by atoms with Crippen molar-refractivity contribution in [2.24, 2.45) is 23.7 Å². The van der Waals surface area contributed by atoms with Crippen LogP contribution in [0, 0.1) is 23.7 Å². The van der Waals surface area contributed by atoms with E-state index in [4.69, 9.17) is 11.6 Å². The van der Waals surface area contributed by atoms with Gasteiger partial charge in [-0.3, -0.25) is 0 Å². The summed E-state index contributed by atoms with van der Waals surface area (Å²) >= 11 is 9.79. The lowest BCUT2D eigenvalue weighted by Crippen LogP contribution is -2.43. The molecule has 4 aliphatic rings. The van der Waals surface area contributed by atoms with E-state index in [-0.39, 0.29) is 0 Å². The second kappa shape index (κ2) is 7.53. The first-order chi connectivity index (χ1) is 14.6. The van der Waals surface area contributed by atoms with E-state index in [1.54, 1.807) is 5.56 Å². The molecule has 30 heavy (non-hydrogen) atoms. The summed E-state index contributed by atoms with van der Waals surface area (Å²) in [4.78, 5) is 0. The molecule has 2 heteroatoms. The van der Waals surface area contributed by atoms with Crippen LogP contribution in [0.25, 0.3) is 22.3 Å². The Morgan fingerprint density at radius 2 is 1.10 bits per heavy atom. The number of benzene rings is 3. The van der Waals surface area contributed by atoms with Gasteiger partial charge in [0.1, 0.15) is 0 Å². The smallest absolute Gasteiger partial charge is 0.0406 e. The zero-order valence-corrected chi connectivity index (χ0v) is 19.4. The number of rotatable bonds is 3. The van der Waals surface area contributed by atoms with Crippen LogP contribution in [-0.2, 0) is 0 Å². The second-order valence-corrected chi connectivity index (χ2v) is 11.2. The maximum absolute atomic E-state index is 6.07. The largest absolute Gasteiger partial charge is 0.0843 e. The van der Waals surface area contributed by atoms with E-state index in [9.17, 15) is 0 Å². The monoisotopic (exact) mass is 476 g/mol. The van der Waals surface area contributed by atoms with Gasteiger partial charge in [-0.15, -0.1) is 0 Å². The Labute approximate surface area is 192 Å². The Morgan fingerprint density at radius 3 is 1.63 bits per heavy atom. The molecule has 0 amide bonds. The fourth-order valence-electron chi connectivity index (χ4n) is 6.93. The van der Waals surface area contributed by atoms with Crippen molar-refractivity contribution in [3.8, 4) is 22.3 Å². The third kappa shape index (κ3) is 3.45. The molecule has 3 aromatic carbocycles. The van der Waals surface area contributed by atoms with Gasteiger partial charge in [-0.05, 0) is 120 Å². The highest BCUT2D eigenvalue weighted by Crippen LogP contribution is 2.59. The van der Waals surface area contributed by atoms with Crippen LogP contribution in [-0.4, -0.2) is 0 Å². The lowest BCUT2D eigenvalue weighted by Gasteiger charge is -2.54. The summed E-state index contributed by atoms with van der Waals surface area (Å²) in [6, 6.07) is 24.3. The van der Waals surface area contributed by atoms with Crippen molar-refractivity contribution in [1.82, 2.24) is 0 Å². The SMILES string of the molecule is Clc1ccc(-c2cc(Br)cc(-c3ccc(C4C5CC6CC(C5)CC4C6)cc3)c2)cc1. The normalized spacial score (nSPS) is 29.3. The van der Waals surface area contributed by atoms with Crippen molar-refractivity contribution in [3.05, 3.63) is 81.8 Å². The van der Waals surface area contributed by atoms with Crippen molar-refractivity contribution in [2.75, 3.05) is 0 Å². The fourth-order valence-corrected chi connectivity index (χ4v) is 7.55. The van der Waals surface area contributed by atoms with Gasteiger partial charge in [0.05, 0.1) is 0 Å². The first kappa shape index (κ1) is 19.1. The van der Waals surface area contributed by atoms with Crippen LogP contribution < -0.4 is 0 Å². The zero-order valence-electron chi connectivity index (χ0n) is 17.0. The summed E-state index contributed by atoms with van der Waals surface area (Å²) in [7, 11) is 0. The molecule has 0 aromatic heterocycles. The molecule has 0 aliphatic heterocycles. The van der Waals surface area contributed by atoms with Gasteiger partial charge in [0.25, 0.3) is 0 Å². The molecule has 3 aromatic rings. The predicted molar refractivity (Wildman–Crippen MR) is 130 cm³/mol. The summed E-state index contributed by atoms with van der Waals surface area (Å²) in [6.07, 6.45) is 7.45.